The zero-order chi connectivity index (χ0) is 24.2. The molecule has 0 atom stereocenters. The zero-order valence-corrected chi connectivity index (χ0v) is 20.7. The van der Waals surface area contributed by atoms with Crippen molar-refractivity contribution in [1.29, 1.82) is 0 Å². The van der Waals surface area contributed by atoms with Gasteiger partial charge in [0.2, 0.25) is 0 Å². The molecule has 0 radical (unpaired) electrons. The van der Waals surface area contributed by atoms with Gasteiger partial charge < -0.3 is 5.32 Å². The second-order valence-corrected chi connectivity index (χ2v) is 10.4. The van der Waals surface area contributed by atoms with Crippen molar-refractivity contribution in [2.75, 3.05) is 19.4 Å². The van der Waals surface area contributed by atoms with E-state index in [1.54, 1.807) is 12.3 Å². The minimum Gasteiger partial charge on any atom is -0.345 e. The molecule has 9 nitrogen and oxygen atoms in total. The van der Waals surface area contributed by atoms with Crippen molar-refractivity contribution in [3.8, 4) is 17.7 Å². The molecule has 1 amide bonds. The van der Waals surface area contributed by atoms with Crippen LogP contribution in [0.2, 0.25) is 0 Å². The number of unbranched alkanes of at least 4 members (excludes halogenated alkanes) is 1. The fourth-order valence-corrected chi connectivity index (χ4v) is 4.70. The van der Waals surface area contributed by atoms with Gasteiger partial charge in [-0.25, -0.2) is 14.5 Å². The molecule has 12 heteroatoms. The first-order valence-corrected chi connectivity index (χ1v) is 13.0. The predicted molar refractivity (Wildman–Crippen MR) is 130 cm³/mol. The topological polar surface area (TPSA) is 120 Å². The first-order valence-electron chi connectivity index (χ1n) is 9.89. The van der Waals surface area contributed by atoms with Gasteiger partial charge in [-0.1, -0.05) is 5.92 Å². The van der Waals surface area contributed by atoms with Gasteiger partial charge in [0, 0.05) is 23.5 Å². The van der Waals surface area contributed by atoms with Crippen molar-refractivity contribution >= 4 is 50.2 Å². The summed E-state index contributed by atoms with van der Waals surface area (Å²) >= 11 is 5.68. The van der Waals surface area contributed by atoms with E-state index >= 15 is 0 Å². The number of pyridine rings is 1. The van der Waals surface area contributed by atoms with E-state index in [1.165, 1.54) is 15.9 Å². The largest absolute Gasteiger partial charge is 0.345 e. The number of nitrogens with zero attached hydrogens (tertiary/aromatic N) is 3. The summed E-state index contributed by atoms with van der Waals surface area (Å²) in [5, 5.41) is 3.17. The highest BCUT2D eigenvalue weighted by molar-refractivity contribution is 7.86. The van der Waals surface area contributed by atoms with Crippen LogP contribution in [0.5, 0.6) is 0 Å². The van der Waals surface area contributed by atoms with Crippen LogP contribution in [-0.4, -0.2) is 48.3 Å². The Morgan fingerprint density at radius 3 is 2.79 bits per heavy atom. The molecule has 0 aliphatic rings. The van der Waals surface area contributed by atoms with Crippen LogP contribution in [0.25, 0.3) is 16.0 Å². The molecule has 1 N–H and O–H groups in total. The average Bonchev–Trinajstić information content (AvgIpc) is 3.03. The molecule has 3 aromatic heterocycles. The van der Waals surface area contributed by atoms with Gasteiger partial charge in [0.25, 0.3) is 21.6 Å². The van der Waals surface area contributed by atoms with Crippen molar-refractivity contribution in [3.05, 3.63) is 44.7 Å². The van der Waals surface area contributed by atoms with Crippen molar-refractivity contribution in [3.63, 3.8) is 0 Å². The van der Waals surface area contributed by atoms with Crippen molar-refractivity contribution in [2.45, 2.75) is 31.8 Å². The van der Waals surface area contributed by atoms with Crippen molar-refractivity contribution in [2.24, 2.45) is 0 Å². The van der Waals surface area contributed by atoms with Gasteiger partial charge in [0.1, 0.15) is 10.6 Å². The van der Waals surface area contributed by atoms with E-state index in [9.17, 15) is 18.0 Å². The van der Waals surface area contributed by atoms with Gasteiger partial charge >= 0.3 is 0 Å². The number of nitrogens with one attached hydrogen (secondary N) is 1. The first-order chi connectivity index (χ1) is 15.6. The minimum atomic E-state index is -3.46. The van der Waals surface area contributed by atoms with E-state index in [4.69, 9.17) is 0 Å². The van der Waals surface area contributed by atoms with Gasteiger partial charge in [0.05, 0.1) is 23.8 Å². The lowest BCUT2D eigenvalue weighted by Gasteiger charge is -2.08. The summed E-state index contributed by atoms with van der Waals surface area (Å²) in [6.45, 7) is 4.08. The van der Waals surface area contributed by atoms with Gasteiger partial charge in [-0.2, -0.15) is 8.42 Å². The third kappa shape index (κ3) is 6.42. The minimum absolute atomic E-state index is 0.0582. The van der Waals surface area contributed by atoms with Crippen LogP contribution in [0.4, 0.5) is 0 Å². The Kier molecular flexibility index (Phi) is 7.91. The zero-order valence-electron chi connectivity index (χ0n) is 18.2. The standard InChI is InChI=1S/C21H22N4O5S3/c1-13-8-10-22-16(12-13)25-20(27)18-15(14(2)32-19(18)24-21(25)31)6-7-17(26)23-9-4-5-11-30-33(3,28)29/h8,10,12H,4-5,9,11H2,1-3H3,(H,23,26)(H,24,31). The molecule has 3 rings (SSSR count). The predicted octanol–water partition coefficient (Wildman–Crippen LogP) is 1.97. The van der Waals surface area contributed by atoms with E-state index in [0.29, 0.717) is 41.0 Å². The average molecular weight is 507 g/mol. The number of aryl methyl sites for hydroxylation is 2. The first kappa shape index (κ1) is 24.9. The number of hydrogen-bond acceptors (Lipinski definition) is 9. The lowest BCUT2D eigenvalue weighted by molar-refractivity contribution is -0.115. The molecule has 0 unspecified atom stereocenters. The molecule has 174 valence electrons. The molecule has 3 heterocycles. The van der Waals surface area contributed by atoms with Crippen molar-refractivity contribution in [1.82, 2.24) is 19.9 Å². The molecule has 33 heavy (non-hydrogen) atoms. The fraction of sp³-hybridized carbons (Fsp3) is 0.333. The Labute approximate surface area is 200 Å². The van der Waals surface area contributed by atoms with Crippen LogP contribution in [0.1, 0.15) is 28.8 Å². The number of thiol groups is 1. The summed E-state index contributed by atoms with van der Waals surface area (Å²) < 4.78 is 27.8. The molecule has 0 saturated heterocycles. The SMILES string of the molecule is Cc1ccnc(-n2c(S)nc3sc(C)c(C#CC(=O)NCCCCOS(C)(=O)=O)c3c2=O)c1. The van der Waals surface area contributed by atoms with Crippen LogP contribution in [0.3, 0.4) is 0 Å². The maximum Gasteiger partial charge on any atom is 0.296 e. The highest BCUT2D eigenvalue weighted by atomic mass is 32.2. The molecule has 3 aromatic rings. The number of hydrogen-bond donors (Lipinski definition) is 2. The molecular formula is C21H22N4O5S3. The number of carbonyl (C=O) groups is 1. The van der Waals surface area contributed by atoms with Crippen LogP contribution < -0.4 is 10.9 Å². The maximum atomic E-state index is 13.3. The number of amides is 1. The molecule has 0 spiro atoms. The smallest absolute Gasteiger partial charge is 0.296 e. The van der Waals surface area contributed by atoms with E-state index in [2.05, 4.69) is 43.9 Å². The Morgan fingerprint density at radius 2 is 2.09 bits per heavy atom. The number of fused-ring (bicyclic) bond motifs is 1. The van der Waals surface area contributed by atoms with Crippen LogP contribution in [0.15, 0.2) is 28.3 Å². The second kappa shape index (κ2) is 10.5. The highest BCUT2D eigenvalue weighted by Gasteiger charge is 2.18. The monoisotopic (exact) mass is 506 g/mol. The molecule has 0 aliphatic heterocycles. The lowest BCUT2D eigenvalue weighted by atomic mass is 10.2. The number of aromatic nitrogens is 3. The normalized spacial score (nSPS) is 11.3. The van der Waals surface area contributed by atoms with Gasteiger partial charge in [-0.05, 0) is 44.4 Å². The Morgan fingerprint density at radius 1 is 1.33 bits per heavy atom. The Bertz CT molecular complexity index is 1430. The Balaban J connectivity index is 1.80. The molecule has 0 aromatic carbocycles. The molecule has 0 bridgehead atoms. The summed E-state index contributed by atoms with van der Waals surface area (Å²) in [6, 6.07) is 3.58. The van der Waals surface area contributed by atoms with Crippen LogP contribution in [-0.2, 0) is 19.1 Å². The van der Waals surface area contributed by atoms with Gasteiger partial charge in [-0.3, -0.25) is 13.8 Å². The van der Waals surface area contributed by atoms with E-state index in [0.717, 1.165) is 16.7 Å². The summed E-state index contributed by atoms with van der Waals surface area (Å²) in [7, 11) is -3.46. The lowest BCUT2D eigenvalue weighted by Crippen LogP contribution is -2.23. The third-order valence-corrected chi connectivity index (χ3v) is 6.36. The maximum absolute atomic E-state index is 13.3. The number of carbonyl (C=O) groups excluding carboxylic acids is 1. The number of thiophene rings is 1. The summed E-state index contributed by atoms with van der Waals surface area (Å²) in [6.07, 6.45) is 3.59. The fourth-order valence-electron chi connectivity index (χ4n) is 2.95. The molecule has 0 saturated carbocycles. The van der Waals surface area contributed by atoms with Crippen LogP contribution in [0, 0.1) is 25.7 Å². The van der Waals surface area contributed by atoms with E-state index < -0.39 is 16.0 Å². The highest BCUT2D eigenvalue weighted by Crippen LogP contribution is 2.27. The Hall–Kier alpha value is -2.72. The summed E-state index contributed by atoms with van der Waals surface area (Å²) in [5.41, 5.74) is 1.02. The quantitative estimate of drug-likeness (QED) is 0.165. The third-order valence-electron chi connectivity index (χ3n) is 4.47. The van der Waals surface area contributed by atoms with E-state index in [-0.39, 0.29) is 17.3 Å². The second-order valence-electron chi connectivity index (χ2n) is 7.20. The number of rotatable bonds is 7. The molecule has 0 fully saturated rings. The molecule has 0 aliphatic carbocycles. The van der Waals surface area contributed by atoms with Crippen molar-refractivity contribution < 1.29 is 17.4 Å². The van der Waals surface area contributed by atoms with E-state index in [1.807, 2.05) is 19.9 Å². The summed E-state index contributed by atoms with van der Waals surface area (Å²) in [5.74, 6) is 5.22. The van der Waals surface area contributed by atoms with Gasteiger partial charge in [0.15, 0.2) is 5.16 Å². The van der Waals surface area contributed by atoms with Crippen LogP contribution >= 0.6 is 24.0 Å². The van der Waals surface area contributed by atoms with Gasteiger partial charge in [-0.15, -0.1) is 24.0 Å². The molecular weight excluding hydrogens is 484 g/mol. The summed E-state index contributed by atoms with van der Waals surface area (Å²) in [4.78, 5) is 35.3.